The van der Waals surface area contributed by atoms with Crippen molar-refractivity contribution in [3.8, 4) is 11.5 Å². The Balaban J connectivity index is 1.87. The third-order valence-electron chi connectivity index (χ3n) is 3.99. The van der Waals surface area contributed by atoms with E-state index in [2.05, 4.69) is 15.2 Å². The van der Waals surface area contributed by atoms with Gasteiger partial charge in [0.25, 0.3) is 5.91 Å². The molecular weight excluding hydrogens is 322 g/mol. The number of carbonyl (C=O) groups excluding carboxylic acids is 1. The van der Waals surface area contributed by atoms with Crippen LogP contribution in [-0.2, 0) is 4.74 Å². The normalized spacial score (nSPS) is 14.1. The molecule has 7 nitrogen and oxygen atoms in total. The zero-order valence-electron chi connectivity index (χ0n) is 14.3. The van der Waals surface area contributed by atoms with Crippen molar-refractivity contribution in [1.29, 1.82) is 0 Å². The maximum atomic E-state index is 12.8. The number of morpholine rings is 1. The van der Waals surface area contributed by atoms with E-state index in [0.29, 0.717) is 36.0 Å². The maximum absolute atomic E-state index is 12.8. The Morgan fingerprint density at radius 2 is 1.96 bits per heavy atom. The summed E-state index contributed by atoms with van der Waals surface area (Å²) >= 11 is 0. The molecule has 1 saturated heterocycles. The Kier molecular flexibility index (Phi) is 5.35. The molecule has 1 N–H and O–H groups in total. The molecule has 0 atom stereocenters. The molecular formula is C18H21N3O4. The predicted molar refractivity (Wildman–Crippen MR) is 94.8 cm³/mol. The predicted octanol–water partition coefficient (Wildman–Crippen LogP) is 2.19. The van der Waals surface area contributed by atoms with Gasteiger partial charge in [0.15, 0.2) is 17.3 Å². The van der Waals surface area contributed by atoms with E-state index in [0.717, 1.165) is 18.9 Å². The minimum absolute atomic E-state index is 0.279. The number of hydrogen-bond acceptors (Lipinski definition) is 6. The van der Waals surface area contributed by atoms with E-state index in [4.69, 9.17) is 14.2 Å². The van der Waals surface area contributed by atoms with Crippen molar-refractivity contribution >= 4 is 17.4 Å². The van der Waals surface area contributed by atoms with E-state index in [-0.39, 0.29) is 5.91 Å². The minimum atomic E-state index is -0.279. The van der Waals surface area contributed by atoms with Gasteiger partial charge >= 0.3 is 0 Å². The van der Waals surface area contributed by atoms with Gasteiger partial charge in [-0.2, -0.15) is 0 Å². The molecule has 0 aliphatic carbocycles. The van der Waals surface area contributed by atoms with Crippen LogP contribution in [0, 0.1) is 0 Å². The highest BCUT2D eigenvalue weighted by molar-refractivity contribution is 6.08. The van der Waals surface area contributed by atoms with Crippen LogP contribution in [0.15, 0.2) is 36.5 Å². The minimum Gasteiger partial charge on any atom is -0.493 e. The summed E-state index contributed by atoms with van der Waals surface area (Å²) in [5, 5.41) is 2.93. The average Bonchev–Trinajstić information content (AvgIpc) is 2.68. The first-order chi connectivity index (χ1) is 12.2. The van der Waals surface area contributed by atoms with Crippen LogP contribution in [-0.4, -0.2) is 51.4 Å². The van der Waals surface area contributed by atoms with Crippen LogP contribution in [0.4, 0.5) is 11.5 Å². The Morgan fingerprint density at radius 1 is 1.16 bits per heavy atom. The number of amides is 1. The zero-order valence-corrected chi connectivity index (χ0v) is 14.3. The van der Waals surface area contributed by atoms with Crippen LogP contribution in [0.25, 0.3) is 0 Å². The van der Waals surface area contributed by atoms with Crippen molar-refractivity contribution in [3.63, 3.8) is 0 Å². The quantitative estimate of drug-likeness (QED) is 0.897. The molecule has 132 valence electrons. The molecule has 3 rings (SSSR count). The number of ether oxygens (including phenoxy) is 3. The van der Waals surface area contributed by atoms with Crippen LogP contribution < -0.4 is 19.7 Å². The molecule has 1 aromatic carbocycles. The number of benzene rings is 1. The fourth-order valence-corrected chi connectivity index (χ4v) is 2.78. The van der Waals surface area contributed by atoms with Crippen molar-refractivity contribution in [2.24, 2.45) is 0 Å². The largest absolute Gasteiger partial charge is 0.493 e. The monoisotopic (exact) mass is 343 g/mol. The first kappa shape index (κ1) is 17.0. The molecule has 0 radical (unpaired) electrons. The number of methoxy groups -OCH3 is 2. The van der Waals surface area contributed by atoms with Crippen LogP contribution in [0.3, 0.4) is 0 Å². The first-order valence-electron chi connectivity index (χ1n) is 8.04. The van der Waals surface area contributed by atoms with Crippen LogP contribution in [0.1, 0.15) is 10.4 Å². The van der Waals surface area contributed by atoms with E-state index in [1.54, 1.807) is 30.5 Å². The van der Waals surface area contributed by atoms with Gasteiger partial charge in [-0.25, -0.2) is 4.98 Å². The maximum Gasteiger partial charge on any atom is 0.259 e. The molecule has 0 bridgehead atoms. The highest BCUT2D eigenvalue weighted by Gasteiger charge is 2.20. The van der Waals surface area contributed by atoms with Gasteiger partial charge in [0.1, 0.15) is 0 Å². The van der Waals surface area contributed by atoms with Gasteiger partial charge in [0.05, 0.1) is 38.7 Å². The van der Waals surface area contributed by atoms with Crippen LogP contribution >= 0.6 is 0 Å². The lowest BCUT2D eigenvalue weighted by Gasteiger charge is -2.29. The summed E-state index contributed by atoms with van der Waals surface area (Å²) in [6, 6.07) is 8.83. The third-order valence-corrected chi connectivity index (χ3v) is 3.99. The summed E-state index contributed by atoms with van der Waals surface area (Å²) in [5.74, 6) is 1.37. The SMILES string of the molecule is COc1cccc(C(=O)Nc2cccnc2N2CCOCC2)c1OC. The molecule has 1 amide bonds. The molecule has 1 aliphatic heterocycles. The highest BCUT2D eigenvalue weighted by atomic mass is 16.5. The van der Waals surface area contributed by atoms with Gasteiger partial charge in [-0.05, 0) is 24.3 Å². The Labute approximate surface area is 146 Å². The topological polar surface area (TPSA) is 72.9 Å². The molecule has 25 heavy (non-hydrogen) atoms. The second-order valence-electron chi connectivity index (χ2n) is 5.47. The summed E-state index contributed by atoms with van der Waals surface area (Å²) in [6.45, 7) is 2.77. The number of aromatic nitrogens is 1. The summed E-state index contributed by atoms with van der Waals surface area (Å²) < 4.78 is 16.0. The van der Waals surface area contributed by atoms with E-state index in [1.807, 2.05) is 6.07 Å². The third kappa shape index (κ3) is 3.66. The summed E-state index contributed by atoms with van der Waals surface area (Å²) in [6.07, 6.45) is 1.71. The van der Waals surface area contributed by atoms with Gasteiger partial charge in [0, 0.05) is 19.3 Å². The summed E-state index contributed by atoms with van der Waals surface area (Å²) in [7, 11) is 3.05. The molecule has 1 aliphatic rings. The van der Waals surface area contributed by atoms with Crippen molar-refractivity contribution in [1.82, 2.24) is 4.98 Å². The smallest absolute Gasteiger partial charge is 0.259 e. The Morgan fingerprint density at radius 3 is 2.68 bits per heavy atom. The molecule has 1 fully saturated rings. The van der Waals surface area contributed by atoms with Gasteiger partial charge in [-0.1, -0.05) is 6.07 Å². The summed E-state index contributed by atoms with van der Waals surface area (Å²) in [5.41, 5.74) is 1.05. The van der Waals surface area contributed by atoms with Gasteiger partial charge < -0.3 is 24.4 Å². The second kappa shape index (κ2) is 7.85. The summed E-state index contributed by atoms with van der Waals surface area (Å²) in [4.78, 5) is 19.3. The number of hydrogen-bond donors (Lipinski definition) is 1. The fraction of sp³-hybridized carbons (Fsp3) is 0.333. The van der Waals surface area contributed by atoms with Crippen LogP contribution in [0.5, 0.6) is 11.5 Å². The Bertz CT molecular complexity index is 745. The first-order valence-corrected chi connectivity index (χ1v) is 8.04. The van der Waals surface area contributed by atoms with E-state index >= 15 is 0 Å². The lowest BCUT2D eigenvalue weighted by Crippen LogP contribution is -2.37. The van der Waals surface area contributed by atoms with E-state index in [1.165, 1.54) is 14.2 Å². The second-order valence-corrected chi connectivity index (χ2v) is 5.47. The molecule has 1 aromatic heterocycles. The van der Waals surface area contributed by atoms with Crippen molar-refractivity contribution in [3.05, 3.63) is 42.1 Å². The molecule has 7 heteroatoms. The number of carbonyl (C=O) groups is 1. The molecule has 2 aromatic rings. The Hall–Kier alpha value is -2.80. The number of pyridine rings is 1. The van der Waals surface area contributed by atoms with Crippen molar-refractivity contribution < 1.29 is 19.0 Å². The standard InChI is InChI=1S/C18H21N3O4/c1-23-15-7-3-5-13(16(15)24-2)18(22)20-14-6-4-8-19-17(14)21-9-11-25-12-10-21/h3-8H,9-12H2,1-2H3,(H,20,22). The molecule has 2 heterocycles. The van der Waals surface area contributed by atoms with Gasteiger partial charge in [-0.15, -0.1) is 0 Å². The number of nitrogens with zero attached hydrogens (tertiary/aromatic N) is 2. The lowest BCUT2D eigenvalue weighted by molar-refractivity contribution is 0.102. The van der Waals surface area contributed by atoms with E-state index in [9.17, 15) is 4.79 Å². The van der Waals surface area contributed by atoms with Crippen molar-refractivity contribution in [2.75, 3.05) is 50.7 Å². The molecule has 0 saturated carbocycles. The molecule has 0 unspecified atom stereocenters. The van der Waals surface area contributed by atoms with Crippen LogP contribution in [0.2, 0.25) is 0 Å². The van der Waals surface area contributed by atoms with Crippen molar-refractivity contribution in [2.45, 2.75) is 0 Å². The van der Waals surface area contributed by atoms with Gasteiger partial charge in [0.2, 0.25) is 0 Å². The number of nitrogens with one attached hydrogen (secondary N) is 1. The lowest BCUT2D eigenvalue weighted by atomic mass is 10.1. The van der Waals surface area contributed by atoms with Gasteiger partial charge in [-0.3, -0.25) is 4.79 Å². The number of rotatable bonds is 5. The average molecular weight is 343 g/mol. The number of anilines is 2. The molecule has 0 spiro atoms. The zero-order chi connectivity index (χ0) is 17.6. The number of para-hydroxylation sites is 1. The highest BCUT2D eigenvalue weighted by Crippen LogP contribution is 2.32. The van der Waals surface area contributed by atoms with E-state index < -0.39 is 0 Å². The fourth-order valence-electron chi connectivity index (χ4n) is 2.78.